The Labute approximate surface area is 71.4 Å². The van der Waals surface area contributed by atoms with E-state index in [4.69, 9.17) is 15.4 Å². The molecule has 0 aliphatic rings. The Kier molecular flexibility index (Phi) is 2.83. The molecule has 4 nitrogen and oxygen atoms in total. The highest BCUT2D eigenvalue weighted by atomic mass is 16.5. The molecule has 12 heavy (non-hydrogen) atoms. The van der Waals surface area contributed by atoms with Crippen molar-refractivity contribution in [3.8, 4) is 0 Å². The van der Waals surface area contributed by atoms with E-state index in [1.165, 1.54) is 0 Å². The summed E-state index contributed by atoms with van der Waals surface area (Å²) < 4.78 is 4.95. The van der Waals surface area contributed by atoms with Crippen molar-refractivity contribution in [3.63, 3.8) is 0 Å². The van der Waals surface area contributed by atoms with E-state index in [1.54, 1.807) is 0 Å². The van der Waals surface area contributed by atoms with Gasteiger partial charge in [-0.2, -0.15) is 0 Å². The smallest absolute Gasteiger partial charge is 0.137 e. The predicted octanol–water partition coefficient (Wildman–Crippen LogP) is 0.154. The summed E-state index contributed by atoms with van der Waals surface area (Å²) in [5, 5.41) is 12.5. The summed E-state index contributed by atoms with van der Waals surface area (Å²) >= 11 is 0. The molecule has 0 amide bonds. The molecule has 0 aliphatic heterocycles. The number of hydrogen-bond donors (Lipinski definition) is 2. The van der Waals surface area contributed by atoms with Gasteiger partial charge in [-0.3, -0.25) is 0 Å². The Morgan fingerprint density at radius 1 is 1.58 bits per heavy atom. The number of aliphatic hydroxyl groups is 1. The summed E-state index contributed by atoms with van der Waals surface area (Å²) in [6, 6.07) is -0.221. The fourth-order valence-electron chi connectivity index (χ4n) is 1.12. The number of aryl methyl sites for hydroxylation is 2. The number of nitrogens with two attached hydrogens (primary N) is 1. The highest BCUT2D eigenvalue weighted by Gasteiger charge is 2.11. The van der Waals surface area contributed by atoms with E-state index in [-0.39, 0.29) is 12.6 Å². The van der Waals surface area contributed by atoms with E-state index in [0.717, 1.165) is 17.0 Å². The number of rotatable bonds is 3. The van der Waals surface area contributed by atoms with Crippen LogP contribution in [0.3, 0.4) is 0 Å². The second-order valence-electron chi connectivity index (χ2n) is 2.95. The molecule has 1 rings (SSSR count). The van der Waals surface area contributed by atoms with Crippen LogP contribution in [0.1, 0.15) is 17.0 Å². The SMILES string of the molecule is Cc1noc(C)c1CC(N)CO. The predicted molar refractivity (Wildman–Crippen MR) is 44.7 cm³/mol. The van der Waals surface area contributed by atoms with Crippen LogP contribution in [0.4, 0.5) is 0 Å². The van der Waals surface area contributed by atoms with Gasteiger partial charge < -0.3 is 15.4 Å². The standard InChI is InChI=1S/C8H14N2O2/c1-5-8(3-7(9)4-11)6(2)12-10-5/h7,11H,3-4,9H2,1-2H3. The molecule has 68 valence electrons. The summed E-state index contributed by atoms with van der Waals surface area (Å²) in [6.45, 7) is 3.71. The van der Waals surface area contributed by atoms with Crippen LogP contribution in [-0.2, 0) is 6.42 Å². The second kappa shape index (κ2) is 3.69. The molecule has 0 radical (unpaired) electrons. The molecule has 0 bridgehead atoms. The molecule has 0 fully saturated rings. The lowest BCUT2D eigenvalue weighted by molar-refractivity contribution is 0.265. The van der Waals surface area contributed by atoms with Crippen molar-refractivity contribution < 1.29 is 9.63 Å². The average molecular weight is 170 g/mol. The molecule has 4 heteroatoms. The third-order valence-electron chi connectivity index (χ3n) is 1.88. The van der Waals surface area contributed by atoms with E-state index in [2.05, 4.69) is 5.16 Å². The van der Waals surface area contributed by atoms with Gasteiger partial charge in [0.2, 0.25) is 0 Å². The molecule has 0 saturated heterocycles. The molecule has 1 aromatic rings. The van der Waals surface area contributed by atoms with E-state index in [9.17, 15) is 0 Å². The van der Waals surface area contributed by atoms with Crippen LogP contribution in [0.25, 0.3) is 0 Å². The Hall–Kier alpha value is -0.870. The van der Waals surface area contributed by atoms with Gasteiger partial charge >= 0.3 is 0 Å². The van der Waals surface area contributed by atoms with E-state index < -0.39 is 0 Å². The van der Waals surface area contributed by atoms with Gasteiger partial charge in [-0.15, -0.1) is 0 Å². The van der Waals surface area contributed by atoms with Gasteiger partial charge in [-0.25, -0.2) is 0 Å². The summed E-state index contributed by atoms with van der Waals surface area (Å²) in [5.74, 6) is 0.788. The second-order valence-corrected chi connectivity index (χ2v) is 2.95. The summed E-state index contributed by atoms with van der Waals surface area (Å²) in [4.78, 5) is 0. The van der Waals surface area contributed by atoms with Crippen molar-refractivity contribution in [1.29, 1.82) is 0 Å². The molecule has 0 spiro atoms. The van der Waals surface area contributed by atoms with Crippen LogP contribution in [0.2, 0.25) is 0 Å². The molecular weight excluding hydrogens is 156 g/mol. The minimum Gasteiger partial charge on any atom is -0.395 e. The molecular formula is C8H14N2O2. The third kappa shape index (κ3) is 1.84. The molecule has 1 heterocycles. The first-order chi connectivity index (χ1) is 5.65. The van der Waals surface area contributed by atoms with Crippen molar-refractivity contribution in [3.05, 3.63) is 17.0 Å². The Balaban J connectivity index is 2.73. The zero-order valence-electron chi connectivity index (χ0n) is 7.37. The molecule has 0 aromatic carbocycles. The fourth-order valence-corrected chi connectivity index (χ4v) is 1.12. The first kappa shape index (κ1) is 9.22. The molecule has 0 saturated carbocycles. The molecule has 1 atom stereocenters. The van der Waals surface area contributed by atoms with Gasteiger partial charge in [-0.05, 0) is 20.3 Å². The van der Waals surface area contributed by atoms with Crippen molar-refractivity contribution >= 4 is 0 Å². The maximum absolute atomic E-state index is 8.74. The number of aromatic nitrogens is 1. The lowest BCUT2D eigenvalue weighted by atomic mass is 10.1. The maximum Gasteiger partial charge on any atom is 0.137 e. The number of nitrogens with zero attached hydrogens (tertiary/aromatic N) is 1. The van der Waals surface area contributed by atoms with Crippen LogP contribution in [0.15, 0.2) is 4.52 Å². The first-order valence-electron chi connectivity index (χ1n) is 3.93. The Morgan fingerprint density at radius 3 is 2.67 bits per heavy atom. The van der Waals surface area contributed by atoms with Crippen molar-refractivity contribution in [2.24, 2.45) is 5.73 Å². The van der Waals surface area contributed by atoms with Crippen LogP contribution in [0, 0.1) is 13.8 Å². The molecule has 1 unspecified atom stereocenters. The van der Waals surface area contributed by atoms with E-state index in [0.29, 0.717) is 6.42 Å². The van der Waals surface area contributed by atoms with Gasteiger partial charge in [-0.1, -0.05) is 5.16 Å². The van der Waals surface area contributed by atoms with Gasteiger partial charge in [0.25, 0.3) is 0 Å². The zero-order valence-corrected chi connectivity index (χ0v) is 7.37. The molecule has 1 aromatic heterocycles. The van der Waals surface area contributed by atoms with Gasteiger partial charge in [0.15, 0.2) is 0 Å². The fraction of sp³-hybridized carbons (Fsp3) is 0.625. The van der Waals surface area contributed by atoms with Gasteiger partial charge in [0.05, 0.1) is 12.3 Å². The lowest BCUT2D eigenvalue weighted by Gasteiger charge is -2.06. The van der Waals surface area contributed by atoms with E-state index in [1.807, 2.05) is 13.8 Å². The number of hydrogen-bond acceptors (Lipinski definition) is 4. The third-order valence-corrected chi connectivity index (χ3v) is 1.88. The summed E-state index contributed by atoms with van der Waals surface area (Å²) in [7, 11) is 0. The Bertz CT molecular complexity index is 238. The van der Waals surface area contributed by atoms with Crippen LogP contribution >= 0.6 is 0 Å². The van der Waals surface area contributed by atoms with Gasteiger partial charge in [0, 0.05) is 11.6 Å². The normalized spacial score (nSPS) is 13.3. The highest BCUT2D eigenvalue weighted by molar-refractivity contribution is 5.21. The quantitative estimate of drug-likeness (QED) is 0.677. The van der Waals surface area contributed by atoms with Crippen molar-refractivity contribution in [2.75, 3.05) is 6.61 Å². The monoisotopic (exact) mass is 170 g/mol. The van der Waals surface area contributed by atoms with E-state index >= 15 is 0 Å². The largest absolute Gasteiger partial charge is 0.395 e. The highest BCUT2D eigenvalue weighted by Crippen LogP contribution is 2.13. The van der Waals surface area contributed by atoms with Crippen LogP contribution in [-0.4, -0.2) is 22.9 Å². The van der Waals surface area contributed by atoms with Crippen molar-refractivity contribution in [1.82, 2.24) is 5.16 Å². The average Bonchev–Trinajstić information content (AvgIpc) is 2.35. The molecule has 3 N–H and O–H groups in total. The number of aliphatic hydroxyl groups excluding tert-OH is 1. The summed E-state index contributed by atoms with van der Waals surface area (Å²) in [5.41, 5.74) is 7.45. The summed E-state index contributed by atoms with van der Waals surface area (Å²) in [6.07, 6.45) is 0.623. The maximum atomic E-state index is 8.74. The van der Waals surface area contributed by atoms with Crippen LogP contribution in [0.5, 0.6) is 0 Å². The lowest BCUT2D eigenvalue weighted by Crippen LogP contribution is -2.27. The topological polar surface area (TPSA) is 72.3 Å². The minimum absolute atomic E-state index is 0.00986. The first-order valence-corrected chi connectivity index (χ1v) is 3.93. The van der Waals surface area contributed by atoms with Gasteiger partial charge in [0.1, 0.15) is 5.76 Å². The Morgan fingerprint density at radius 2 is 2.25 bits per heavy atom. The van der Waals surface area contributed by atoms with Crippen LogP contribution < -0.4 is 5.73 Å². The van der Waals surface area contributed by atoms with Crippen molar-refractivity contribution in [2.45, 2.75) is 26.3 Å². The minimum atomic E-state index is -0.221. The zero-order chi connectivity index (χ0) is 9.14. The molecule has 0 aliphatic carbocycles.